The topological polar surface area (TPSA) is 140 Å². The molecule has 0 aliphatic carbocycles. The average molecular weight is 463 g/mol. The van der Waals surface area contributed by atoms with E-state index in [1.165, 1.54) is 6.92 Å². The second-order valence-electron chi connectivity index (χ2n) is 7.33. The van der Waals surface area contributed by atoms with Crippen LogP contribution in [-0.2, 0) is 19.1 Å². The summed E-state index contributed by atoms with van der Waals surface area (Å²) in [6.07, 6.45) is 5.04. The van der Waals surface area contributed by atoms with Gasteiger partial charge in [-0.2, -0.15) is 4.99 Å². The number of carbonyl (C=O) groups is 4. The number of terminal acetylenes is 1. The number of ether oxygens (including phenoxy) is 1. The Hall–Kier alpha value is -4.45. The van der Waals surface area contributed by atoms with Crippen molar-refractivity contribution in [2.75, 3.05) is 11.9 Å². The Bertz CT molecular complexity index is 1120. The molecule has 2 rings (SSSR count). The van der Waals surface area contributed by atoms with E-state index in [0.29, 0.717) is 16.8 Å². The van der Waals surface area contributed by atoms with Crippen molar-refractivity contribution in [3.8, 4) is 12.3 Å². The second kappa shape index (κ2) is 12.0. The minimum Gasteiger partial charge on any atom is -0.464 e. The molecule has 2 aromatic carbocycles. The van der Waals surface area contributed by atoms with Gasteiger partial charge in [0.05, 0.1) is 6.61 Å². The molecule has 0 heterocycles. The van der Waals surface area contributed by atoms with Crippen LogP contribution in [0.1, 0.15) is 42.6 Å². The predicted octanol–water partition coefficient (Wildman–Crippen LogP) is 2.02. The number of anilines is 1. The number of aliphatic imine (C=N–C) groups is 1. The molecule has 176 valence electrons. The summed E-state index contributed by atoms with van der Waals surface area (Å²) in [5.74, 6) is 0.0664. The van der Waals surface area contributed by atoms with Crippen LogP contribution in [-0.4, -0.2) is 41.7 Å². The molecule has 0 aliphatic rings. The molecule has 2 aromatic rings. The van der Waals surface area contributed by atoms with E-state index in [-0.39, 0.29) is 25.3 Å². The third-order valence-electron chi connectivity index (χ3n) is 4.65. The van der Waals surface area contributed by atoms with Gasteiger partial charge >= 0.3 is 5.97 Å². The van der Waals surface area contributed by atoms with Crippen LogP contribution in [0.5, 0.6) is 0 Å². The maximum Gasteiger partial charge on any atom is 0.344 e. The molecule has 34 heavy (non-hydrogen) atoms. The molecule has 0 aliphatic heterocycles. The molecule has 0 saturated heterocycles. The number of carbonyl (C=O) groups excluding carboxylic acids is 4. The van der Waals surface area contributed by atoms with Crippen LogP contribution in [0.25, 0.3) is 0 Å². The van der Waals surface area contributed by atoms with Crippen LogP contribution in [0.2, 0.25) is 0 Å². The second-order valence-corrected chi connectivity index (χ2v) is 7.33. The van der Waals surface area contributed by atoms with Crippen molar-refractivity contribution in [1.29, 1.82) is 0 Å². The first-order chi connectivity index (χ1) is 16.2. The summed E-state index contributed by atoms with van der Waals surface area (Å²) in [6, 6.07) is 14.9. The van der Waals surface area contributed by atoms with Gasteiger partial charge in [-0.15, -0.1) is 6.42 Å². The first-order valence-corrected chi connectivity index (χ1v) is 10.5. The zero-order valence-corrected chi connectivity index (χ0v) is 19.0. The van der Waals surface area contributed by atoms with Gasteiger partial charge in [-0.1, -0.05) is 24.1 Å². The van der Waals surface area contributed by atoms with Crippen LogP contribution < -0.4 is 16.4 Å². The summed E-state index contributed by atoms with van der Waals surface area (Å²) in [5.41, 5.74) is 5.71. The normalized spacial score (nSPS) is 12.6. The quantitative estimate of drug-likeness (QED) is 0.225. The van der Waals surface area contributed by atoms with E-state index in [2.05, 4.69) is 21.5 Å². The van der Waals surface area contributed by atoms with E-state index < -0.39 is 29.2 Å². The Morgan fingerprint density at radius 2 is 1.62 bits per heavy atom. The first-order valence-electron chi connectivity index (χ1n) is 10.5. The van der Waals surface area contributed by atoms with Gasteiger partial charge < -0.3 is 21.1 Å². The van der Waals surface area contributed by atoms with Crippen molar-refractivity contribution >= 4 is 35.2 Å². The molecule has 0 bridgehead atoms. The van der Waals surface area contributed by atoms with Crippen molar-refractivity contribution in [3.05, 3.63) is 65.7 Å². The van der Waals surface area contributed by atoms with Crippen LogP contribution in [0, 0.1) is 12.3 Å². The van der Waals surface area contributed by atoms with Crippen LogP contribution in [0.4, 0.5) is 5.69 Å². The highest BCUT2D eigenvalue weighted by Crippen LogP contribution is 2.12. The summed E-state index contributed by atoms with van der Waals surface area (Å²) in [4.78, 5) is 52.3. The van der Waals surface area contributed by atoms with Crippen LogP contribution >= 0.6 is 0 Å². The van der Waals surface area contributed by atoms with Gasteiger partial charge in [-0.25, -0.2) is 4.79 Å². The van der Waals surface area contributed by atoms with E-state index in [4.69, 9.17) is 16.9 Å². The Kier molecular flexibility index (Phi) is 9.08. The maximum atomic E-state index is 12.2. The molecule has 0 saturated carbocycles. The molecular formula is C25H26N4O5. The molecule has 3 amide bonds. The fourth-order valence-corrected chi connectivity index (χ4v) is 2.76. The minimum atomic E-state index is -1.61. The van der Waals surface area contributed by atoms with Crippen LogP contribution in [0.15, 0.2) is 59.6 Å². The lowest BCUT2D eigenvalue weighted by atomic mass is 10.0. The Morgan fingerprint density at radius 3 is 2.21 bits per heavy atom. The smallest absolute Gasteiger partial charge is 0.344 e. The molecule has 1 atom stereocenters. The third kappa shape index (κ3) is 7.31. The number of nitrogens with two attached hydrogens (primary N) is 1. The Labute approximate surface area is 197 Å². The minimum absolute atomic E-state index is 0.0431. The highest BCUT2D eigenvalue weighted by atomic mass is 16.5. The Morgan fingerprint density at radius 1 is 1.00 bits per heavy atom. The summed E-state index contributed by atoms with van der Waals surface area (Å²) < 4.78 is 4.86. The lowest BCUT2D eigenvalue weighted by Crippen LogP contribution is -2.52. The van der Waals surface area contributed by atoms with Gasteiger partial charge in [0.2, 0.25) is 11.8 Å². The molecule has 9 nitrogen and oxygen atoms in total. The average Bonchev–Trinajstić information content (AvgIpc) is 2.83. The van der Waals surface area contributed by atoms with Gasteiger partial charge in [0, 0.05) is 29.7 Å². The van der Waals surface area contributed by atoms with E-state index in [1.54, 1.807) is 61.5 Å². The number of benzene rings is 2. The highest BCUT2D eigenvalue weighted by Gasteiger charge is 2.34. The maximum absolute atomic E-state index is 12.2. The molecule has 0 fully saturated rings. The lowest BCUT2D eigenvalue weighted by molar-refractivity contribution is -0.149. The van der Waals surface area contributed by atoms with Gasteiger partial charge in [0.25, 0.3) is 5.91 Å². The summed E-state index contributed by atoms with van der Waals surface area (Å²) in [6.45, 7) is 3.10. The van der Waals surface area contributed by atoms with Gasteiger partial charge in [0.1, 0.15) is 5.84 Å². The van der Waals surface area contributed by atoms with Crippen molar-refractivity contribution in [1.82, 2.24) is 5.32 Å². The molecular weight excluding hydrogens is 436 g/mol. The zero-order valence-electron chi connectivity index (χ0n) is 19.0. The fraction of sp³-hybridized carbons (Fsp3) is 0.240. The van der Waals surface area contributed by atoms with E-state index >= 15 is 0 Å². The molecule has 9 heteroatoms. The van der Waals surface area contributed by atoms with Gasteiger partial charge in [0.15, 0.2) is 5.54 Å². The Balaban J connectivity index is 1.89. The molecule has 0 aromatic heterocycles. The van der Waals surface area contributed by atoms with Gasteiger partial charge in [-0.3, -0.25) is 14.4 Å². The number of amides is 3. The number of rotatable bonds is 9. The monoisotopic (exact) mass is 462 g/mol. The molecule has 1 unspecified atom stereocenters. The van der Waals surface area contributed by atoms with Crippen molar-refractivity contribution in [3.63, 3.8) is 0 Å². The third-order valence-corrected chi connectivity index (χ3v) is 4.65. The number of nitrogens with zero attached hydrogens (tertiary/aromatic N) is 1. The molecule has 0 spiro atoms. The number of amidine groups is 1. The summed E-state index contributed by atoms with van der Waals surface area (Å²) >= 11 is 0. The van der Waals surface area contributed by atoms with E-state index in [9.17, 15) is 19.2 Å². The predicted molar refractivity (Wildman–Crippen MR) is 128 cm³/mol. The van der Waals surface area contributed by atoms with E-state index in [1.807, 2.05) is 0 Å². The zero-order chi connectivity index (χ0) is 25.1. The number of nitrogens with one attached hydrogen (secondary N) is 2. The highest BCUT2D eigenvalue weighted by molar-refractivity contribution is 6.09. The van der Waals surface area contributed by atoms with Gasteiger partial charge in [-0.05, 0) is 50.2 Å². The molecule has 0 radical (unpaired) electrons. The number of esters is 1. The van der Waals surface area contributed by atoms with Crippen molar-refractivity contribution in [2.45, 2.75) is 32.2 Å². The number of hydrogen-bond donors (Lipinski definition) is 3. The standard InChI is InChI=1S/C25H26N4O5/c1-4-25(3,24(33)34-5-2)29-21(31)16-15-20(30)27-19-13-11-17(12-14-19)22(26)28-23(32)18-9-7-6-8-10-18/h1,6-14H,5,15-16H2,2-3H3,(H,27,30)(H,29,31)(H2,26,28,32). The fourth-order valence-electron chi connectivity index (χ4n) is 2.76. The largest absolute Gasteiger partial charge is 0.464 e. The lowest BCUT2D eigenvalue weighted by Gasteiger charge is -2.22. The summed E-state index contributed by atoms with van der Waals surface area (Å²) in [7, 11) is 0. The van der Waals surface area contributed by atoms with Crippen molar-refractivity contribution in [2.24, 2.45) is 10.7 Å². The number of hydrogen-bond acceptors (Lipinski definition) is 5. The van der Waals surface area contributed by atoms with Crippen LogP contribution in [0.3, 0.4) is 0 Å². The van der Waals surface area contributed by atoms with Crippen molar-refractivity contribution < 1.29 is 23.9 Å². The van der Waals surface area contributed by atoms with E-state index in [0.717, 1.165) is 0 Å². The summed E-state index contributed by atoms with van der Waals surface area (Å²) in [5, 5.41) is 5.06. The first kappa shape index (κ1) is 25.8. The molecule has 4 N–H and O–H groups in total. The SMILES string of the molecule is C#CC(C)(NC(=O)CCC(=O)Nc1ccc(C(N)=NC(=O)c2ccccc2)cc1)C(=O)OCC.